The lowest BCUT2D eigenvalue weighted by Gasteiger charge is -2.15. The molecule has 1 fully saturated rings. The van der Waals surface area contributed by atoms with Crippen LogP contribution in [0.5, 0.6) is 11.5 Å². The Bertz CT molecular complexity index is 1040. The first-order chi connectivity index (χ1) is 14.2. The Morgan fingerprint density at radius 1 is 0.867 bits per heavy atom. The van der Waals surface area contributed by atoms with Gasteiger partial charge in [0.2, 0.25) is 11.8 Å². The lowest BCUT2D eigenvalue weighted by molar-refractivity contribution is -0.122. The fraction of sp³-hybridized carbons (Fsp3) is 0.333. The number of hydrogen-bond acceptors (Lipinski definition) is 7. The summed E-state index contributed by atoms with van der Waals surface area (Å²) in [5.74, 6) is -0.435. The van der Waals surface area contributed by atoms with Gasteiger partial charge < -0.3 is 9.47 Å². The SMILES string of the molecule is COc1ccc(COS(=O)(=O)c2ccc(N3C(=O)C(C)C(C)C3=O)cc2)cc1OC. The zero-order valence-corrected chi connectivity index (χ0v) is 17.9. The van der Waals surface area contributed by atoms with Crippen LogP contribution in [0.1, 0.15) is 19.4 Å². The molecule has 0 radical (unpaired) electrons. The molecule has 0 saturated carbocycles. The van der Waals surface area contributed by atoms with Crippen LogP contribution >= 0.6 is 0 Å². The Labute approximate surface area is 175 Å². The minimum Gasteiger partial charge on any atom is -0.493 e. The Balaban J connectivity index is 1.74. The fourth-order valence-electron chi connectivity index (χ4n) is 3.14. The third-order valence-corrected chi connectivity index (χ3v) is 6.46. The van der Waals surface area contributed by atoms with Crippen LogP contribution in [0.4, 0.5) is 5.69 Å². The zero-order chi connectivity index (χ0) is 22.1. The first-order valence-electron chi connectivity index (χ1n) is 9.27. The summed E-state index contributed by atoms with van der Waals surface area (Å²) < 4.78 is 40.5. The summed E-state index contributed by atoms with van der Waals surface area (Å²) in [5.41, 5.74) is 0.920. The van der Waals surface area contributed by atoms with Crippen molar-refractivity contribution in [2.75, 3.05) is 19.1 Å². The number of carbonyl (C=O) groups excluding carboxylic acids is 2. The molecule has 160 valence electrons. The smallest absolute Gasteiger partial charge is 0.297 e. The average molecular weight is 433 g/mol. The van der Waals surface area contributed by atoms with Crippen LogP contribution < -0.4 is 14.4 Å². The minimum absolute atomic E-state index is 0.0769. The van der Waals surface area contributed by atoms with Crippen molar-refractivity contribution >= 4 is 27.6 Å². The highest BCUT2D eigenvalue weighted by Gasteiger charge is 2.43. The standard InChI is InChI=1S/C21H23NO7S/c1-13-14(2)21(24)22(20(13)23)16-6-8-17(9-7-16)30(25,26)29-12-15-5-10-18(27-3)19(11-15)28-4/h5-11,13-14H,12H2,1-4H3. The number of ether oxygens (including phenoxy) is 2. The van der Waals surface area contributed by atoms with E-state index >= 15 is 0 Å². The van der Waals surface area contributed by atoms with Gasteiger partial charge in [-0.05, 0) is 42.0 Å². The molecule has 8 nitrogen and oxygen atoms in total. The molecule has 9 heteroatoms. The van der Waals surface area contributed by atoms with Crippen LogP contribution in [0.15, 0.2) is 47.4 Å². The number of benzene rings is 2. The van der Waals surface area contributed by atoms with Crippen molar-refractivity contribution in [3.63, 3.8) is 0 Å². The number of anilines is 1. The van der Waals surface area contributed by atoms with Crippen molar-refractivity contribution in [2.45, 2.75) is 25.3 Å². The molecule has 2 unspecified atom stereocenters. The van der Waals surface area contributed by atoms with E-state index in [1.807, 2.05) is 0 Å². The van der Waals surface area contributed by atoms with Crippen LogP contribution in [0, 0.1) is 11.8 Å². The molecule has 0 aliphatic carbocycles. The predicted octanol–water partition coefficient (Wildman–Crippen LogP) is 2.75. The molecular formula is C21H23NO7S. The van der Waals surface area contributed by atoms with E-state index in [2.05, 4.69) is 0 Å². The molecule has 1 aliphatic rings. The molecule has 3 rings (SSSR count). The molecule has 1 aliphatic heterocycles. The number of rotatable bonds is 7. The van der Waals surface area contributed by atoms with Crippen LogP contribution in [0.2, 0.25) is 0 Å². The minimum atomic E-state index is -4.04. The maximum atomic E-state index is 12.5. The van der Waals surface area contributed by atoms with E-state index in [9.17, 15) is 18.0 Å². The molecule has 0 spiro atoms. The zero-order valence-electron chi connectivity index (χ0n) is 17.1. The van der Waals surface area contributed by atoms with Crippen molar-refractivity contribution < 1.29 is 31.7 Å². The van der Waals surface area contributed by atoms with E-state index in [0.29, 0.717) is 22.7 Å². The third kappa shape index (κ3) is 4.03. The number of hydrogen-bond donors (Lipinski definition) is 0. The molecule has 0 bridgehead atoms. The van der Waals surface area contributed by atoms with E-state index in [4.69, 9.17) is 13.7 Å². The normalized spacial score (nSPS) is 19.3. The maximum Gasteiger partial charge on any atom is 0.297 e. The summed E-state index contributed by atoms with van der Waals surface area (Å²) in [7, 11) is -1.05. The molecule has 0 aromatic heterocycles. The molecular weight excluding hydrogens is 410 g/mol. The number of carbonyl (C=O) groups is 2. The van der Waals surface area contributed by atoms with Crippen molar-refractivity contribution in [1.29, 1.82) is 0 Å². The number of imide groups is 1. The van der Waals surface area contributed by atoms with Crippen LogP contribution in [-0.2, 0) is 30.5 Å². The lowest BCUT2D eigenvalue weighted by Crippen LogP contribution is -2.30. The summed E-state index contributed by atoms with van der Waals surface area (Å²) in [6.07, 6.45) is 0. The Hall–Kier alpha value is -2.91. The van der Waals surface area contributed by atoms with Gasteiger partial charge in [-0.3, -0.25) is 18.7 Å². The van der Waals surface area contributed by atoms with Gasteiger partial charge in [0.15, 0.2) is 11.5 Å². The van der Waals surface area contributed by atoms with E-state index < -0.39 is 22.0 Å². The Kier molecular flexibility index (Phi) is 6.14. The largest absolute Gasteiger partial charge is 0.493 e. The van der Waals surface area contributed by atoms with Gasteiger partial charge >= 0.3 is 0 Å². The topological polar surface area (TPSA) is 99.2 Å². The quantitative estimate of drug-likeness (QED) is 0.489. The second-order valence-electron chi connectivity index (χ2n) is 6.99. The second-order valence-corrected chi connectivity index (χ2v) is 8.60. The molecule has 2 atom stereocenters. The summed E-state index contributed by atoms with van der Waals surface area (Å²) in [6.45, 7) is 3.21. The summed E-state index contributed by atoms with van der Waals surface area (Å²) in [6, 6.07) is 10.4. The molecule has 0 N–H and O–H groups in total. The van der Waals surface area contributed by atoms with Gasteiger partial charge in [0.05, 0.1) is 31.4 Å². The molecule has 30 heavy (non-hydrogen) atoms. The van der Waals surface area contributed by atoms with Crippen LogP contribution in [-0.4, -0.2) is 34.5 Å². The van der Waals surface area contributed by atoms with E-state index in [1.165, 1.54) is 38.5 Å². The summed E-state index contributed by atoms with van der Waals surface area (Å²) >= 11 is 0. The number of nitrogens with zero attached hydrogens (tertiary/aromatic N) is 1. The maximum absolute atomic E-state index is 12.5. The van der Waals surface area contributed by atoms with Gasteiger partial charge in [0.25, 0.3) is 10.1 Å². The van der Waals surface area contributed by atoms with Crippen molar-refractivity contribution in [1.82, 2.24) is 0 Å². The van der Waals surface area contributed by atoms with Gasteiger partial charge in [-0.1, -0.05) is 19.9 Å². The highest BCUT2D eigenvalue weighted by atomic mass is 32.2. The average Bonchev–Trinajstić information content (AvgIpc) is 2.94. The van der Waals surface area contributed by atoms with Gasteiger partial charge in [0, 0.05) is 11.8 Å². The highest BCUT2D eigenvalue weighted by molar-refractivity contribution is 7.86. The summed E-state index contributed by atoms with van der Waals surface area (Å²) in [5, 5.41) is 0. The number of methoxy groups -OCH3 is 2. The van der Waals surface area contributed by atoms with Crippen molar-refractivity contribution in [3.05, 3.63) is 48.0 Å². The van der Waals surface area contributed by atoms with Gasteiger partial charge in [0.1, 0.15) is 0 Å². The van der Waals surface area contributed by atoms with Gasteiger partial charge in [-0.2, -0.15) is 8.42 Å². The van der Waals surface area contributed by atoms with E-state index in [-0.39, 0.29) is 23.3 Å². The first-order valence-corrected chi connectivity index (χ1v) is 10.7. The highest BCUT2D eigenvalue weighted by Crippen LogP contribution is 2.31. The lowest BCUT2D eigenvalue weighted by atomic mass is 10.00. The third-order valence-electron chi connectivity index (χ3n) is 5.18. The summed E-state index contributed by atoms with van der Waals surface area (Å²) in [4.78, 5) is 25.6. The van der Waals surface area contributed by atoms with Crippen molar-refractivity contribution in [2.24, 2.45) is 11.8 Å². The van der Waals surface area contributed by atoms with Crippen molar-refractivity contribution in [3.8, 4) is 11.5 Å². The fourth-order valence-corrected chi connectivity index (χ4v) is 4.04. The molecule has 2 aromatic carbocycles. The Morgan fingerprint density at radius 2 is 1.43 bits per heavy atom. The molecule has 1 heterocycles. The number of amides is 2. The van der Waals surface area contributed by atoms with Gasteiger partial charge in [-0.25, -0.2) is 0 Å². The Morgan fingerprint density at radius 3 is 1.97 bits per heavy atom. The van der Waals surface area contributed by atoms with E-state index in [0.717, 1.165) is 4.90 Å². The molecule has 2 amide bonds. The van der Waals surface area contributed by atoms with Gasteiger partial charge in [-0.15, -0.1) is 0 Å². The first kappa shape index (κ1) is 21.8. The van der Waals surface area contributed by atoms with Crippen LogP contribution in [0.25, 0.3) is 0 Å². The molecule has 2 aromatic rings. The monoisotopic (exact) mass is 433 g/mol. The molecule has 1 saturated heterocycles. The predicted molar refractivity (Wildman–Crippen MR) is 109 cm³/mol. The second kappa shape index (κ2) is 8.45. The van der Waals surface area contributed by atoms with E-state index in [1.54, 1.807) is 32.0 Å². The van der Waals surface area contributed by atoms with Crippen LogP contribution in [0.3, 0.4) is 0 Å².